The van der Waals surface area contributed by atoms with Gasteiger partial charge in [-0.25, -0.2) is 0 Å². The van der Waals surface area contributed by atoms with Crippen molar-refractivity contribution in [1.82, 2.24) is 5.32 Å². The molecule has 0 saturated carbocycles. The Kier molecular flexibility index (Phi) is 4.19. The Morgan fingerprint density at radius 2 is 2.06 bits per heavy atom. The molecule has 1 aliphatic rings. The van der Waals surface area contributed by atoms with Gasteiger partial charge in [0.25, 0.3) is 0 Å². The van der Waals surface area contributed by atoms with Crippen LogP contribution in [0.2, 0.25) is 0 Å². The van der Waals surface area contributed by atoms with Crippen LogP contribution in [0.4, 0.5) is 0 Å². The van der Waals surface area contributed by atoms with E-state index in [1.807, 2.05) is 18.2 Å². The lowest BCUT2D eigenvalue weighted by Gasteiger charge is -2.14. The first-order chi connectivity index (χ1) is 8.79. The smallest absolute Gasteiger partial charge is 0.0476 e. The quantitative estimate of drug-likeness (QED) is 0.850. The first-order valence-corrected chi connectivity index (χ1v) is 6.28. The van der Waals surface area contributed by atoms with Crippen LogP contribution in [0.15, 0.2) is 60.7 Å². The molecular formula is C17H19N. The maximum absolute atomic E-state index is 3.75. The van der Waals surface area contributed by atoms with Crippen LogP contribution in [0.5, 0.6) is 0 Å². The summed E-state index contributed by atoms with van der Waals surface area (Å²) in [5.41, 5.74) is 1.34. The zero-order valence-electron chi connectivity index (χ0n) is 10.8. The van der Waals surface area contributed by atoms with E-state index < -0.39 is 0 Å². The molecule has 0 radical (unpaired) electrons. The van der Waals surface area contributed by atoms with Crippen molar-refractivity contribution in [3.8, 4) is 0 Å². The van der Waals surface area contributed by atoms with E-state index in [1.54, 1.807) is 0 Å². The third-order valence-electron chi connectivity index (χ3n) is 3.03. The van der Waals surface area contributed by atoms with E-state index in [2.05, 4.69) is 61.4 Å². The van der Waals surface area contributed by atoms with Gasteiger partial charge in [-0.2, -0.15) is 0 Å². The van der Waals surface area contributed by atoms with E-state index >= 15 is 0 Å². The summed E-state index contributed by atoms with van der Waals surface area (Å²) in [6.45, 7) is 5.88. The van der Waals surface area contributed by atoms with Crippen LogP contribution >= 0.6 is 0 Å². The molecule has 18 heavy (non-hydrogen) atoms. The highest BCUT2D eigenvalue weighted by Crippen LogP contribution is 2.08. The first-order valence-electron chi connectivity index (χ1n) is 6.28. The van der Waals surface area contributed by atoms with E-state index in [1.165, 1.54) is 16.0 Å². The summed E-state index contributed by atoms with van der Waals surface area (Å²) in [6.07, 6.45) is 13.6. The molecule has 1 heteroatoms. The Labute approximate surface area is 109 Å². The predicted octanol–water partition coefficient (Wildman–Crippen LogP) is 2.26. The van der Waals surface area contributed by atoms with E-state index in [9.17, 15) is 0 Å². The molecule has 1 N–H and O–H groups in total. The summed E-state index contributed by atoms with van der Waals surface area (Å²) in [4.78, 5) is 0. The second-order valence-corrected chi connectivity index (χ2v) is 4.49. The Balaban J connectivity index is 2.18. The number of rotatable bonds is 3. The summed E-state index contributed by atoms with van der Waals surface area (Å²) in [6, 6.07) is 8.69. The molecule has 0 amide bonds. The molecule has 1 aromatic carbocycles. The lowest BCUT2D eigenvalue weighted by Crippen LogP contribution is -2.30. The summed E-state index contributed by atoms with van der Waals surface area (Å²) >= 11 is 0. The fourth-order valence-electron chi connectivity index (χ4n) is 1.97. The van der Waals surface area contributed by atoms with E-state index in [4.69, 9.17) is 0 Å². The Morgan fingerprint density at radius 1 is 1.28 bits per heavy atom. The van der Waals surface area contributed by atoms with Crippen molar-refractivity contribution < 1.29 is 0 Å². The van der Waals surface area contributed by atoms with Gasteiger partial charge in [-0.15, -0.1) is 0 Å². The average Bonchev–Trinajstić information content (AvgIpc) is 2.40. The van der Waals surface area contributed by atoms with Crippen LogP contribution in [0, 0.1) is 0 Å². The van der Waals surface area contributed by atoms with Gasteiger partial charge < -0.3 is 5.32 Å². The van der Waals surface area contributed by atoms with Gasteiger partial charge in [-0.3, -0.25) is 0 Å². The molecular weight excluding hydrogens is 218 g/mol. The van der Waals surface area contributed by atoms with Gasteiger partial charge in [0.15, 0.2) is 0 Å². The molecule has 1 atom stereocenters. The number of hydrogen-bond acceptors (Lipinski definition) is 1. The van der Waals surface area contributed by atoms with Crippen LogP contribution in [-0.2, 0) is 0 Å². The van der Waals surface area contributed by atoms with Gasteiger partial charge in [0, 0.05) is 12.2 Å². The molecule has 92 valence electrons. The number of hydrogen-bond donors (Lipinski definition) is 1. The molecule has 1 nitrogen and oxygen atoms in total. The minimum Gasteiger partial charge on any atom is -0.384 e. The molecule has 1 aliphatic carbocycles. The van der Waals surface area contributed by atoms with Crippen LogP contribution < -0.4 is 15.8 Å². The normalized spacial score (nSPS) is 20.7. The monoisotopic (exact) mass is 237 g/mol. The third-order valence-corrected chi connectivity index (χ3v) is 3.03. The minimum absolute atomic E-state index is 0.394. The highest BCUT2D eigenvalue weighted by molar-refractivity contribution is 5.38. The van der Waals surface area contributed by atoms with Crippen molar-refractivity contribution in [2.45, 2.75) is 19.4 Å². The summed E-state index contributed by atoms with van der Waals surface area (Å²) < 4.78 is 0. The average molecular weight is 237 g/mol. The number of allylic oxidation sites excluding steroid dienone is 3. The molecule has 0 fully saturated rings. The van der Waals surface area contributed by atoms with E-state index in [0.717, 1.165) is 6.42 Å². The first kappa shape index (κ1) is 12.4. The molecule has 0 spiro atoms. The molecule has 0 saturated heterocycles. The van der Waals surface area contributed by atoms with Gasteiger partial charge in [0.2, 0.25) is 0 Å². The summed E-state index contributed by atoms with van der Waals surface area (Å²) in [5.74, 6) is 0. The van der Waals surface area contributed by atoms with Crippen molar-refractivity contribution in [3.05, 3.63) is 71.2 Å². The van der Waals surface area contributed by atoms with Crippen molar-refractivity contribution in [2.24, 2.45) is 0 Å². The van der Waals surface area contributed by atoms with E-state index in [0.29, 0.717) is 6.04 Å². The largest absolute Gasteiger partial charge is 0.384 e. The standard InChI is InChI=1S/C17H19N/c1-3-6-15-7-4-5-8-16(15)13-18-17-11-9-14(2)10-12-17/h3-11,13,17-18H,1,12H2,2H3/b15-6-,16-13+. The van der Waals surface area contributed by atoms with Gasteiger partial charge >= 0.3 is 0 Å². The fourth-order valence-corrected chi connectivity index (χ4v) is 1.97. The predicted molar refractivity (Wildman–Crippen MR) is 79.3 cm³/mol. The van der Waals surface area contributed by atoms with Crippen molar-refractivity contribution >= 4 is 12.3 Å². The highest BCUT2D eigenvalue weighted by atomic mass is 14.9. The highest BCUT2D eigenvalue weighted by Gasteiger charge is 2.03. The van der Waals surface area contributed by atoms with Crippen molar-refractivity contribution in [2.75, 3.05) is 0 Å². The van der Waals surface area contributed by atoms with Gasteiger partial charge in [0.1, 0.15) is 0 Å². The van der Waals surface area contributed by atoms with Gasteiger partial charge in [0.05, 0.1) is 0 Å². The molecule has 0 heterocycles. The van der Waals surface area contributed by atoms with E-state index in [-0.39, 0.29) is 0 Å². The number of benzene rings is 1. The van der Waals surface area contributed by atoms with Gasteiger partial charge in [-0.05, 0) is 23.8 Å². The van der Waals surface area contributed by atoms with Gasteiger partial charge in [-0.1, -0.05) is 66.8 Å². The lowest BCUT2D eigenvalue weighted by atomic mass is 10.0. The van der Waals surface area contributed by atoms with Crippen LogP contribution in [0.1, 0.15) is 13.3 Å². The number of nitrogens with one attached hydrogen (secondary N) is 1. The van der Waals surface area contributed by atoms with Crippen LogP contribution in [0.3, 0.4) is 0 Å². The van der Waals surface area contributed by atoms with Crippen LogP contribution in [-0.4, -0.2) is 6.04 Å². The fraction of sp³-hybridized carbons (Fsp3) is 0.176. The SMILES string of the molecule is C=C/C=c1/cccc/c1=C\NC1C=CC(C)=CC1. The maximum Gasteiger partial charge on any atom is 0.0476 e. The minimum atomic E-state index is 0.394. The third kappa shape index (κ3) is 3.24. The van der Waals surface area contributed by atoms with Crippen LogP contribution in [0.25, 0.3) is 12.3 Å². The molecule has 2 rings (SSSR count). The van der Waals surface area contributed by atoms with Crippen molar-refractivity contribution in [1.29, 1.82) is 0 Å². The summed E-state index contributed by atoms with van der Waals surface area (Å²) in [7, 11) is 0. The zero-order valence-corrected chi connectivity index (χ0v) is 10.8. The summed E-state index contributed by atoms with van der Waals surface area (Å²) in [5, 5.41) is 5.82. The second kappa shape index (κ2) is 6.06. The zero-order chi connectivity index (χ0) is 12.8. The molecule has 0 aromatic heterocycles. The van der Waals surface area contributed by atoms with Crippen molar-refractivity contribution in [3.63, 3.8) is 0 Å². The maximum atomic E-state index is 3.75. The Morgan fingerprint density at radius 3 is 2.72 bits per heavy atom. The Bertz CT molecular complexity index is 590. The molecule has 1 unspecified atom stereocenters. The topological polar surface area (TPSA) is 12.0 Å². The molecule has 0 bridgehead atoms. The second-order valence-electron chi connectivity index (χ2n) is 4.49. The Hall–Kier alpha value is -2.02. The molecule has 0 aliphatic heterocycles. The lowest BCUT2D eigenvalue weighted by molar-refractivity contribution is 0.725. The molecule has 1 aromatic rings.